The molecule has 0 spiro atoms. The quantitative estimate of drug-likeness (QED) is 0.410. The van der Waals surface area contributed by atoms with Crippen molar-refractivity contribution in [2.24, 2.45) is 5.10 Å². The van der Waals surface area contributed by atoms with Gasteiger partial charge in [-0.15, -0.1) is 0 Å². The Morgan fingerprint density at radius 1 is 1.00 bits per heavy atom. The first-order chi connectivity index (χ1) is 12.4. The first-order valence-electron chi connectivity index (χ1n) is 7.68. The summed E-state index contributed by atoms with van der Waals surface area (Å²) in [4.78, 5) is 24.0. The number of phenols is 1. The minimum Gasteiger partial charge on any atom is -0.507 e. The Kier molecular flexibility index (Phi) is 3.26. The summed E-state index contributed by atoms with van der Waals surface area (Å²) in [5.74, 6) is -0.951. The zero-order valence-electron chi connectivity index (χ0n) is 13.2. The SMILES string of the molecule is O=C1NC2(O)/C(=N/NC(=O)c3ccccc3O)c3ccccc3C2(O)N1. The van der Waals surface area contributed by atoms with Gasteiger partial charge in [0.15, 0.2) is 0 Å². The topological polar surface area (TPSA) is 143 Å². The summed E-state index contributed by atoms with van der Waals surface area (Å²) in [6, 6.07) is 11.5. The van der Waals surface area contributed by atoms with Crippen molar-refractivity contribution in [1.29, 1.82) is 0 Å². The highest BCUT2D eigenvalue weighted by Crippen LogP contribution is 2.43. The van der Waals surface area contributed by atoms with Gasteiger partial charge in [-0.3, -0.25) is 4.79 Å². The molecule has 132 valence electrons. The van der Waals surface area contributed by atoms with Crippen LogP contribution in [0.25, 0.3) is 0 Å². The number of carbonyl (C=O) groups excluding carboxylic acids is 2. The van der Waals surface area contributed by atoms with Crippen molar-refractivity contribution in [3.63, 3.8) is 0 Å². The molecule has 2 aromatic carbocycles. The number of nitrogens with zero attached hydrogens (tertiary/aromatic N) is 1. The molecular formula is C17H14N4O5. The molecule has 0 saturated carbocycles. The number of hydrogen-bond donors (Lipinski definition) is 6. The summed E-state index contributed by atoms with van der Waals surface area (Å²) in [6.45, 7) is 0. The molecule has 1 aliphatic carbocycles. The van der Waals surface area contributed by atoms with Crippen molar-refractivity contribution >= 4 is 17.6 Å². The number of rotatable bonds is 2. The number of hydrogen-bond acceptors (Lipinski definition) is 6. The van der Waals surface area contributed by atoms with Gasteiger partial charge in [0.2, 0.25) is 11.4 Å². The van der Waals surface area contributed by atoms with E-state index in [1.54, 1.807) is 30.3 Å². The smallest absolute Gasteiger partial charge is 0.320 e. The van der Waals surface area contributed by atoms with Gasteiger partial charge < -0.3 is 26.0 Å². The first-order valence-corrected chi connectivity index (χ1v) is 7.68. The molecule has 0 radical (unpaired) electrons. The van der Waals surface area contributed by atoms with E-state index >= 15 is 0 Å². The summed E-state index contributed by atoms with van der Waals surface area (Å²) in [5, 5.41) is 39.9. The third-order valence-electron chi connectivity index (χ3n) is 4.45. The second kappa shape index (κ2) is 5.28. The highest BCUT2D eigenvalue weighted by Gasteiger charge is 2.67. The molecule has 1 saturated heterocycles. The Bertz CT molecular complexity index is 975. The average molecular weight is 354 g/mol. The fourth-order valence-electron chi connectivity index (χ4n) is 3.21. The van der Waals surface area contributed by atoms with E-state index in [1.165, 1.54) is 18.2 Å². The monoisotopic (exact) mass is 354 g/mol. The maximum absolute atomic E-state index is 12.2. The molecule has 2 aromatic rings. The van der Waals surface area contributed by atoms with Crippen molar-refractivity contribution in [3.05, 3.63) is 65.2 Å². The minimum atomic E-state index is -2.26. The molecule has 2 unspecified atom stereocenters. The Balaban J connectivity index is 1.76. The van der Waals surface area contributed by atoms with Crippen LogP contribution < -0.4 is 16.1 Å². The maximum atomic E-state index is 12.2. The number of nitrogens with one attached hydrogen (secondary N) is 3. The molecule has 1 heterocycles. The van der Waals surface area contributed by atoms with Gasteiger partial charge in [0.25, 0.3) is 5.91 Å². The van der Waals surface area contributed by atoms with Gasteiger partial charge in [-0.1, -0.05) is 36.4 Å². The molecule has 26 heavy (non-hydrogen) atoms. The second-order valence-corrected chi connectivity index (χ2v) is 5.96. The van der Waals surface area contributed by atoms with Crippen molar-refractivity contribution in [1.82, 2.24) is 16.1 Å². The van der Waals surface area contributed by atoms with Crippen molar-refractivity contribution in [2.45, 2.75) is 11.4 Å². The standard InChI is InChI=1S/C17H14N4O5/c22-12-8-4-2-6-10(12)14(23)21-20-13-9-5-1-3-7-11(9)16(25)17(13,26)19-15(24)18-16/h1-8,22,25-26H,(H,21,23)(H2,18,19,24)/b20-13+. The van der Waals surface area contributed by atoms with E-state index in [1.807, 2.05) is 0 Å². The fourth-order valence-corrected chi connectivity index (χ4v) is 3.21. The Morgan fingerprint density at radius 3 is 2.42 bits per heavy atom. The zero-order valence-corrected chi connectivity index (χ0v) is 13.2. The van der Waals surface area contributed by atoms with Crippen molar-refractivity contribution in [3.8, 4) is 5.75 Å². The molecule has 2 atom stereocenters. The summed E-state index contributed by atoms with van der Waals surface area (Å²) in [7, 11) is 0. The molecule has 3 amide bonds. The van der Waals surface area contributed by atoms with Crippen molar-refractivity contribution < 1.29 is 24.9 Å². The zero-order chi connectivity index (χ0) is 18.5. The Morgan fingerprint density at radius 2 is 1.65 bits per heavy atom. The number of aliphatic hydroxyl groups is 2. The van der Waals surface area contributed by atoms with Crippen LogP contribution in [-0.4, -0.2) is 38.7 Å². The molecule has 2 aliphatic rings. The summed E-state index contributed by atoms with van der Waals surface area (Å²) in [5.41, 5.74) is -1.73. The maximum Gasteiger partial charge on any atom is 0.320 e. The third-order valence-corrected chi connectivity index (χ3v) is 4.45. The van der Waals surface area contributed by atoms with Gasteiger partial charge in [0, 0.05) is 11.1 Å². The van der Waals surface area contributed by atoms with Crippen LogP contribution in [0.2, 0.25) is 0 Å². The molecule has 4 rings (SSSR count). The first kappa shape index (κ1) is 16.1. The second-order valence-electron chi connectivity index (χ2n) is 5.96. The number of fused-ring (bicyclic) bond motifs is 3. The van der Waals surface area contributed by atoms with Crippen LogP contribution in [0.1, 0.15) is 21.5 Å². The summed E-state index contributed by atoms with van der Waals surface area (Å²) < 4.78 is 0. The number of hydrazone groups is 1. The molecule has 6 N–H and O–H groups in total. The largest absolute Gasteiger partial charge is 0.507 e. The van der Waals surface area contributed by atoms with Crippen LogP contribution in [-0.2, 0) is 5.72 Å². The third kappa shape index (κ3) is 2.01. The molecule has 9 nitrogen and oxygen atoms in total. The van der Waals surface area contributed by atoms with Gasteiger partial charge in [-0.2, -0.15) is 5.10 Å². The molecular weight excluding hydrogens is 340 g/mol. The number of para-hydroxylation sites is 1. The van der Waals surface area contributed by atoms with Crippen LogP contribution >= 0.6 is 0 Å². The molecule has 1 fully saturated rings. The normalized spacial score (nSPS) is 27.5. The highest BCUT2D eigenvalue weighted by atomic mass is 16.4. The molecule has 1 aliphatic heterocycles. The lowest BCUT2D eigenvalue weighted by molar-refractivity contribution is -0.110. The van der Waals surface area contributed by atoms with Crippen LogP contribution in [0.3, 0.4) is 0 Å². The lowest BCUT2D eigenvalue weighted by atomic mass is 10.0. The predicted molar refractivity (Wildman–Crippen MR) is 89.1 cm³/mol. The minimum absolute atomic E-state index is 0.0148. The number of aromatic hydroxyl groups is 1. The van der Waals surface area contributed by atoms with E-state index in [2.05, 4.69) is 21.2 Å². The molecule has 0 aromatic heterocycles. The van der Waals surface area contributed by atoms with Crippen LogP contribution in [0.4, 0.5) is 4.79 Å². The van der Waals surface area contributed by atoms with Gasteiger partial charge in [-0.25, -0.2) is 10.2 Å². The molecule has 9 heteroatoms. The lowest BCUT2D eigenvalue weighted by Gasteiger charge is -2.29. The van der Waals surface area contributed by atoms with Gasteiger partial charge in [0.05, 0.1) is 5.56 Å². The highest BCUT2D eigenvalue weighted by molar-refractivity contribution is 6.15. The number of amides is 3. The van der Waals surface area contributed by atoms with Crippen molar-refractivity contribution in [2.75, 3.05) is 0 Å². The number of carbonyl (C=O) groups is 2. The number of urea groups is 1. The van der Waals surface area contributed by atoms with Gasteiger partial charge >= 0.3 is 6.03 Å². The van der Waals surface area contributed by atoms with E-state index in [0.717, 1.165) is 0 Å². The van der Waals surface area contributed by atoms with Gasteiger partial charge in [-0.05, 0) is 12.1 Å². The van der Waals surface area contributed by atoms with E-state index in [0.29, 0.717) is 5.56 Å². The van der Waals surface area contributed by atoms with E-state index < -0.39 is 23.4 Å². The van der Waals surface area contributed by atoms with E-state index in [4.69, 9.17) is 0 Å². The van der Waals surface area contributed by atoms with E-state index in [-0.39, 0.29) is 22.6 Å². The van der Waals surface area contributed by atoms with Crippen LogP contribution in [0, 0.1) is 0 Å². The van der Waals surface area contributed by atoms with E-state index in [9.17, 15) is 24.9 Å². The average Bonchev–Trinajstić information content (AvgIpc) is 2.94. The van der Waals surface area contributed by atoms with Crippen LogP contribution in [0.5, 0.6) is 5.75 Å². The van der Waals surface area contributed by atoms with Crippen LogP contribution in [0.15, 0.2) is 53.6 Å². The summed E-state index contributed by atoms with van der Waals surface area (Å²) in [6.07, 6.45) is 0. The Labute approximate surface area is 147 Å². The predicted octanol–water partition coefficient (Wildman–Crippen LogP) is -0.314. The number of phenolic OH excluding ortho intramolecular Hbond substituents is 1. The van der Waals surface area contributed by atoms with Gasteiger partial charge in [0.1, 0.15) is 11.5 Å². The lowest BCUT2D eigenvalue weighted by Crippen LogP contribution is -2.58. The molecule has 0 bridgehead atoms. The Hall–Kier alpha value is -3.43. The summed E-state index contributed by atoms with van der Waals surface area (Å²) >= 11 is 0. The fraction of sp³-hybridized carbons (Fsp3) is 0.118. The number of benzene rings is 2.